The summed E-state index contributed by atoms with van der Waals surface area (Å²) >= 11 is 0. The molecule has 0 aliphatic heterocycles. The van der Waals surface area contributed by atoms with E-state index in [9.17, 15) is 17.6 Å². The van der Waals surface area contributed by atoms with E-state index in [4.69, 9.17) is 0 Å². The van der Waals surface area contributed by atoms with Crippen molar-refractivity contribution >= 4 is 5.69 Å². The summed E-state index contributed by atoms with van der Waals surface area (Å²) in [5, 5.41) is 0. The van der Waals surface area contributed by atoms with Gasteiger partial charge in [-0.05, 0) is 18.1 Å². The molecule has 0 bridgehead atoms. The van der Waals surface area contributed by atoms with Gasteiger partial charge in [0.25, 0.3) is 11.9 Å². The first-order valence-corrected chi connectivity index (χ1v) is 5.87. The second-order valence-corrected chi connectivity index (χ2v) is 4.45. The lowest BCUT2D eigenvalue weighted by molar-refractivity contribution is 0.407. The van der Waals surface area contributed by atoms with E-state index in [1.807, 2.05) is 19.1 Å². The molecule has 0 amide bonds. The summed E-state index contributed by atoms with van der Waals surface area (Å²) in [6.07, 6.45) is 0. The first-order valence-electron chi connectivity index (χ1n) is 5.87. The highest BCUT2D eigenvalue weighted by atomic mass is 19.2. The predicted molar refractivity (Wildman–Crippen MR) is 67.4 cm³/mol. The van der Waals surface area contributed by atoms with E-state index in [2.05, 4.69) is 4.98 Å². The Labute approximate surface area is 113 Å². The van der Waals surface area contributed by atoms with Crippen LogP contribution in [0.25, 0.3) is 0 Å². The molecule has 0 fully saturated rings. The summed E-state index contributed by atoms with van der Waals surface area (Å²) in [4.78, 5) is 3.64. The van der Waals surface area contributed by atoms with Crippen LogP contribution in [-0.4, -0.2) is 12.0 Å². The molecular formula is C14H12F4N2. The van der Waals surface area contributed by atoms with Crippen LogP contribution < -0.4 is 4.90 Å². The van der Waals surface area contributed by atoms with E-state index in [1.54, 1.807) is 12.1 Å². The van der Waals surface area contributed by atoms with Gasteiger partial charge in [0, 0.05) is 13.6 Å². The van der Waals surface area contributed by atoms with Gasteiger partial charge in [-0.1, -0.05) is 24.3 Å². The third-order valence-electron chi connectivity index (χ3n) is 3.02. The van der Waals surface area contributed by atoms with Crippen molar-refractivity contribution in [2.24, 2.45) is 0 Å². The lowest BCUT2D eigenvalue weighted by atomic mass is 10.1. The molecule has 0 aliphatic carbocycles. The Balaban J connectivity index is 2.40. The maximum absolute atomic E-state index is 13.6. The maximum atomic E-state index is 13.6. The second-order valence-electron chi connectivity index (χ2n) is 4.45. The number of hydrogen-bond acceptors (Lipinski definition) is 2. The number of benzene rings is 1. The highest BCUT2D eigenvalue weighted by molar-refractivity contribution is 5.48. The Kier molecular flexibility index (Phi) is 3.92. The molecule has 2 nitrogen and oxygen atoms in total. The number of anilines is 1. The summed E-state index contributed by atoms with van der Waals surface area (Å²) < 4.78 is 53.4. The van der Waals surface area contributed by atoms with E-state index in [0.29, 0.717) is 0 Å². The topological polar surface area (TPSA) is 16.1 Å². The minimum Gasteiger partial charge on any atom is -0.365 e. The van der Waals surface area contributed by atoms with Crippen LogP contribution >= 0.6 is 0 Å². The van der Waals surface area contributed by atoms with Crippen LogP contribution in [-0.2, 0) is 6.54 Å². The lowest BCUT2D eigenvalue weighted by Gasteiger charge is -2.21. The number of halogens is 4. The standard InChI is InChI=1S/C14H12F4N2/c1-8-5-3-4-6-9(8)7-20(2)12-10(15)13(17)19-14(18)11(12)16/h3-6H,7H2,1-2H3. The van der Waals surface area contributed by atoms with Gasteiger partial charge in [-0.2, -0.15) is 22.5 Å². The average molecular weight is 284 g/mol. The molecule has 2 rings (SSSR count). The highest BCUT2D eigenvalue weighted by Crippen LogP contribution is 2.26. The molecule has 106 valence electrons. The van der Waals surface area contributed by atoms with Gasteiger partial charge in [0.2, 0.25) is 11.6 Å². The Morgan fingerprint density at radius 1 is 1.00 bits per heavy atom. The molecular weight excluding hydrogens is 272 g/mol. The number of hydrogen-bond donors (Lipinski definition) is 0. The minimum atomic E-state index is -1.66. The second kappa shape index (κ2) is 5.48. The zero-order chi connectivity index (χ0) is 14.9. The van der Waals surface area contributed by atoms with Gasteiger partial charge in [-0.15, -0.1) is 0 Å². The van der Waals surface area contributed by atoms with E-state index < -0.39 is 29.2 Å². The summed E-state index contributed by atoms with van der Waals surface area (Å²) in [7, 11) is 1.35. The predicted octanol–water partition coefficient (Wildman–Crippen LogP) is 3.58. The molecule has 0 radical (unpaired) electrons. The zero-order valence-electron chi connectivity index (χ0n) is 10.9. The Hall–Kier alpha value is -2.11. The molecule has 1 aromatic carbocycles. The number of nitrogens with zero attached hydrogens (tertiary/aromatic N) is 2. The van der Waals surface area contributed by atoms with Gasteiger partial charge >= 0.3 is 0 Å². The van der Waals surface area contributed by atoms with Crippen molar-refractivity contribution in [1.29, 1.82) is 0 Å². The van der Waals surface area contributed by atoms with Gasteiger partial charge in [-0.3, -0.25) is 0 Å². The van der Waals surface area contributed by atoms with Crippen molar-refractivity contribution in [1.82, 2.24) is 4.98 Å². The van der Waals surface area contributed by atoms with Gasteiger partial charge in [0.1, 0.15) is 5.69 Å². The van der Waals surface area contributed by atoms with Crippen molar-refractivity contribution in [3.05, 3.63) is 58.9 Å². The number of pyridine rings is 1. The minimum absolute atomic E-state index is 0.114. The first kappa shape index (κ1) is 14.3. The third-order valence-corrected chi connectivity index (χ3v) is 3.02. The maximum Gasteiger partial charge on any atom is 0.253 e. The van der Waals surface area contributed by atoms with Crippen LogP contribution in [0.15, 0.2) is 24.3 Å². The fourth-order valence-electron chi connectivity index (χ4n) is 1.93. The van der Waals surface area contributed by atoms with Crippen LogP contribution in [0.2, 0.25) is 0 Å². The van der Waals surface area contributed by atoms with Crippen LogP contribution in [0.5, 0.6) is 0 Å². The number of aromatic nitrogens is 1. The largest absolute Gasteiger partial charge is 0.365 e. The van der Waals surface area contributed by atoms with Crippen LogP contribution in [0.4, 0.5) is 23.2 Å². The summed E-state index contributed by atoms with van der Waals surface area (Å²) in [5.74, 6) is -6.31. The Morgan fingerprint density at radius 3 is 2.10 bits per heavy atom. The Morgan fingerprint density at radius 2 is 1.55 bits per heavy atom. The van der Waals surface area contributed by atoms with Gasteiger partial charge in [0.05, 0.1) is 0 Å². The first-order chi connectivity index (χ1) is 9.41. The molecule has 1 aromatic heterocycles. The molecule has 0 N–H and O–H groups in total. The van der Waals surface area contributed by atoms with E-state index in [0.717, 1.165) is 16.0 Å². The number of rotatable bonds is 3. The molecule has 0 saturated carbocycles. The SMILES string of the molecule is Cc1ccccc1CN(C)c1c(F)c(F)nc(F)c1F. The smallest absolute Gasteiger partial charge is 0.253 e. The molecule has 0 spiro atoms. The molecule has 0 aliphatic rings. The van der Waals surface area contributed by atoms with Gasteiger partial charge < -0.3 is 4.90 Å². The summed E-state index contributed by atoms with van der Waals surface area (Å²) in [5.41, 5.74) is 0.944. The van der Waals surface area contributed by atoms with Crippen molar-refractivity contribution in [2.75, 3.05) is 11.9 Å². The highest BCUT2D eigenvalue weighted by Gasteiger charge is 2.23. The molecule has 0 unspecified atom stereocenters. The zero-order valence-corrected chi connectivity index (χ0v) is 10.9. The summed E-state index contributed by atoms with van der Waals surface area (Å²) in [6.45, 7) is 1.95. The van der Waals surface area contributed by atoms with Crippen LogP contribution in [0, 0.1) is 30.5 Å². The molecule has 0 saturated heterocycles. The average Bonchev–Trinajstić information content (AvgIpc) is 2.39. The quantitative estimate of drug-likeness (QED) is 0.632. The van der Waals surface area contributed by atoms with Crippen molar-refractivity contribution in [3.63, 3.8) is 0 Å². The normalized spacial score (nSPS) is 10.7. The van der Waals surface area contributed by atoms with E-state index >= 15 is 0 Å². The van der Waals surface area contributed by atoms with Crippen LogP contribution in [0.1, 0.15) is 11.1 Å². The molecule has 1 heterocycles. The Bertz CT molecular complexity index is 617. The van der Waals surface area contributed by atoms with Gasteiger partial charge in [-0.25, -0.2) is 0 Å². The number of aryl methyl sites for hydroxylation is 1. The molecule has 6 heteroatoms. The molecule has 2 aromatic rings. The molecule has 20 heavy (non-hydrogen) atoms. The van der Waals surface area contributed by atoms with Crippen molar-refractivity contribution < 1.29 is 17.6 Å². The van der Waals surface area contributed by atoms with Crippen molar-refractivity contribution in [3.8, 4) is 0 Å². The van der Waals surface area contributed by atoms with E-state index in [1.165, 1.54) is 7.05 Å². The van der Waals surface area contributed by atoms with Crippen LogP contribution in [0.3, 0.4) is 0 Å². The lowest BCUT2D eigenvalue weighted by Crippen LogP contribution is -2.21. The third kappa shape index (κ3) is 2.59. The van der Waals surface area contributed by atoms with Gasteiger partial charge in [0.15, 0.2) is 0 Å². The summed E-state index contributed by atoms with van der Waals surface area (Å²) in [6, 6.07) is 7.21. The van der Waals surface area contributed by atoms with Crippen molar-refractivity contribution in [2.45, 2.75) is 13.5 Å². The van der Waals surface area contributed by atoms with E-state index in [-0.39, 0.29) is 6.54 Å². The molecule has 0 atom stereocenters. The fraction of sp³-hybridized carbons (Fsp3) is 0.214. The fourth-order valence-corrected chi connectivity index (χ4v) is 1.93. The monoisotopic (exact) mass is 284 g/mol.